The molecule has 1 unspecified atom stereocenters. The Hall–Kier alpha value is -3.55. The topological polar surface area (TPSA) is 93.1 Å². The van der Waals surface area contributed by atoms with Crippen molar-refractivity contribution < 1.29 is 9.53 Å². The standard InChI is InChI=1S/C20H20N6O2/c27-18(14-28-16-5-2-1-3-6-16)26-12-8-15(13-26)17-7-11-23-20(24-17)25-19-21-9-4-10-22-19/h1-7,9-11,15H,8,12-14H2,(H,21,22,23,24,25). The van der Waals surface area contributed by atoms with Gasteiger partial charge in [-0.25, -0.2) is 19.9 Å². The molecular formula is C20H20N6O2. The Morgan fingerprint density at radius 3 is 2.64 bits per heavy atom. The molecule has 1 atom stereocenters. The third-order valence-corrected chi connectivity index (χ3v) is 4.53. The highest BCUT2D eigenvalue weighted by molar-refractivity contribution is 5.78. The van der Waals surface area contributed by atoms with Gasteiger partial charge in [-0.3, -0.25) is 10.1 Å². The van der Waals surface area contributed by atoms with Gasteiger partial charge in [0.25, 0.3) is 5.91 Å². The molecular weight excluding hydrogens is 356 g/mol. The van der Waals surface area contributed by atoms with Gasteiger partial charge < -0.3 is 9.64 Å². The molecule has 4 rings (SSSR count). The van der Waals surface area contributed by atoms with Crippen molar-refractivity contribution in [3.05, 3.63) is 66.7 Å². The number of carbonyl (C=O) groups excluding carboxylic acids is 1. The molecule has 1 amide bonds. The van der Waals surface area contributed by atoms with Crippen LogP contribution in [0.1, 0.15) is 18.0 Å². The van der Waals surface area contributed by atoms with Gasteiger partial charge in [0, 0.05) is 37.6 Å². The molecule has 1 N–H and O–H groups in total. The first-order valence-corrected chi connectivity index (χ1v) is 9.10. The van der Waals surface area contributed by atoms with Crippen LogP contribution < -0.4 is 10.1 Å². The molecule has 1 fully saturated rings. The summed E-state index contributed by atoms with van der Waals surface area (Å²) in [5.74, 6) is 1.74. The average molecular weight is 376 g/mol. The summed E-state index contributed by atoms with van der Waals surface area (Å²) in [7, 11) is 0. The van der Waals surface area contributed by atoms with Crippen molar-refractivity contribution in [3.8, 4) is 5.75 Å². The fourth-order valence-corrected chi connectivity index (χ4v) is 3.11. The van der Waals surface area contributed by atoms with Crippen LogP contribution in [0.4, 0.5) is 11.9 Å². The number of carbonyl (C=O) groups is 1. The number of hydrogen-bond acceptors (Lipinski definition) is 7. The fraction of sp³-hybridized carbons (Fsp3) is 0.250. The maximum Gasteiger partial charge on any atom is 0.260 e. The van der Waals surface area contributed by atoms with Crippen molar-refractivity contribution in [2.45, 2.75) is 12.3 Å². The van der Waals surface area contributed by atoms with E-state index in [2.05, 4.69) is 25.3 Å². The Balaban J connectivity index is 1.34. The van der Waals surface area contributed by atoms with Crippen LogP contribution in [0.3, 0.4) is 0 Å². The molecule has 142 valence electrons. The number of hydrogen-bond donors (Lipinski definition) is 1. The molecule has 3 heterocycles. The summed E-state index contributed by atoms with van der Waals surface area (Å²) in [6.45, 7) is 1.35. The van der Waals surface area contributed by atoms with E-state index in [1.165, 1.54) is 0 Å². The van der Waals surface area contributed by atoms with Crippen molar-refractivity contribution in [1.82, 2.24) is 24.8 Å². The van der Waals surface area contributed by atoms with E-state index in [0.29, 0.717) is 30.7 Å². The summed E-state index contributed by atoms with van der Waals surface area (Å²) >= 11 is 0. The molecule has 8 heteroatoms. The smallest absolute Gasteiger partial charge is 0.260 e. The van der Waals surface area contributed by atoms with E-state index < -0.39 is 0 Å². The van der Waals surface area contributed by atoms with E-state index in [4.69, 9.17) is 4.74 Å². The Morgan fingerprint density at radius 1 is 1.04 bits per heavy atom. The van der Waals surface area contributed by atoms with Crippen LogP contribution in [0.15, 0.2) is 61.1 Å². The number of rotatable bonds is 6. The molecule has 0 aliphatic carbocycles. The SMILES string of the molecule is O=C(COc1ccccc1)N1CCC(c2ccnc(Nc3ncccn3)n2)C1. The first-order valence-electron chi connectivity index (χ1n) is 9.10. The number of aromatic nitrogens is 4. The van der Waals surface area contributed by atoms with Gasteiger partial charge in [0.05, 0.1) is 5.69 Å². The number of likely N-dealkylation sites (tertiary alicyclic amines) is 1. The quantitative estimate of drug-likeness (QED) is 0.706. The molecule has 1 aromatic carbocycles. The molecule has 0 bridgehead atoms. The second-order valence-corrected chi connectivity index (χ2v) is 6.43. The van der Waals surface area contributed by atoms with Crippen molar-refractivity contribution in [2.24, 2.45) is 0 Å². The van der Waals surface area contributed by atoms with E-state index in [1.807, 2.05) is 41.3 Å². The van der Waals surface area contributed by atoms with E-state index in [-0.39, 0.29) is 18.4 Å². The van der Waals surface area contributed by atoms with Crippen molar-refractivity contribution >= 4 is 17.8 Å². The van der Waals surface area contributed by atoms with Crippen molar-refractivity contribution in [1.29, 1.82) is 0 Å². The molecule has 0 saturated carbocycles. The lowest BCUT2D eigenvalue weighted by Gasteiger charge is -2.17. The zero-order chi connectivity index (χ0) is 19.2. The zero-order valence-corrected chi connectivity index (χ0v) is 15.2. The second-order valence-electron chi connectivity index (χ2n) is 6.43. The van der Waals surface area contributed by atoms with Crippen LogP contribution in [0, 0.1) is 0 Å². The lowest BCUT2D eigenvalue weighted by Crippen LogP contribution is -2.32. The highest BCUT2D eigenvalue weighted by Crippen LogP contribution is 2.26. The number of ether oxygens (including phenoxy) is 1. The fourth-order valence-electron chi connectivity index (χ4n) is 3.11. The van der Waals surface area contributed by atoms with Crippen LogP contribution in [0.5, 0.6) is 5.75 Å². The van der Waals surface area contributed by atoms with Gasteiger partial charge in [-0.05, 0) is 30.7 Å². The number of benzene rings is 1. The first kappa shape index (κ1) is 17.8. The maximum absolute atomic E-state index is 12.4. The molecule has 1 aliphatic heterocycles. The molecule has 8 nitrogen and oxygen atoms in total. The number of amides is 1. The third-order valence-electron chi connectivity index (χ3n) is 4.53. The Bertz CT molecular complexity index is 922. The minimum atomic E-state index is -0.0172. The van der Waals surface area contributed by atoms with E-state index in [9.17, 15) is 4.79 Å². The Labute approximate surface area is 162 Å². The van der Waals surface area contributed by atoms with Gasteiger partial charge >= 0.3 is 0 Å². The van der Waals surface area contributed by atoms with Crippen molar-refractivity contribution in [2.75, 3.05) is 25.0 Å². The van der Waals surface area contributed by atoms with Crippen LogP contribution in [0.2, 0.25) is 0 Å². The summed E-state index contributed by atoms with van der Waals surface area (Å²) < 4.78 is 5.57. The number of nitrogens with one attached hydrogen (secondary N) is 1. The highest BCUT2D eigenvalue weighted by Gasteiger charge is 2.28. The van der Waals surface area contributed by atoms with Crippen LogP contribution >= 0.6 is 0 Å². The summed E-state index contributed by atoms with van der Waals surface area (Å²) in [5, 5.41) is 3.00. The molecule has 28 heavy (non-hydrogen) atoms. The zero-order valence-electron chi connectivity index (χ0n) is 15.2. The van der Waals surface area contributed by atoms with Crippen LogP contribution in [0.25, 0.3) is 0 Å². The summed E-state index contributed by atoms with van der Waals surface area (Å²) in [6.07, 6.45) is 5.86. The summed E-state index contributed by atoms with van der Waals surface area (Å²) in [5.41, 5.74) is 0.896. The molecule has 1 aliphatic rings. The minimum Gasteiger partial charge on any atom is -0.484 e. The second kappa shape index (κ2) is 8.43. The highest BCUT2D eigenvalue weighted by atomic mass is 16.5. The lowest BCUT2D eigenvalue weighted by molar-refractivity contribution is -0.132. The first-order chi connectivity index (χ1) is 13.8. The number of para-hydroxylation sites is 1. The van der Waals surface area contributed by atoms with E-state index >= 15 is 0 Å². The van der Waals surface area contributed by atoms with Gasteiger partial charge in [-0.2, -0.15) is 0 Å². The van der Waals surface area contributed by atoms with Gasteiger partial charge in [0.15, 0.2) is 6.61 Å². The van der Waals surface area contributed by atoms with Gasteiger partial charge in [-0.1, -0.05) is 18.2 Å². The maximum atomic E-state index is 12.4. The molecule has 0 spiro atoms. The number of anilines is 2. The average Bonchev–Trinajstić information content (AvgIpc) is 3.24. The van der Waals surface area contributed by atoms with Gasteiger partial charge in [0.2, 0.25) is 11.9 Å². The largest absolute Gasteiger partial charge is 0.484 e. The number of nitrogens with zero attached hydrogens (tertiary/aromatic N) is 5. The monoisotopic (exact) mass is 376 g/mol. The Kier molecular flexibility index (Phi) is 5.37. The predicted molar refractivity (Wildman–Crippen MR) is 103 cm³/mol. The predicted octanol–water partition coefficient (Wildman–Crippen LogP) is 2.41. The Morgan fingerprint density at radius 2 is 1.82 bits per heavy atom. The third kappa shape index (κ3) is 4.40. The molecule has 2 aromatic heterocycles. The molecule has 3 aromatic rings. The minimum absolute atomic E-state index is 0.0172. The van der Waals surface area contributed by atoms with Crippen LogP contribution in [-0.4, -0.2) is 50.4 Å². The van der Waals surface area contributed by atoms with E-state index in [0.717, 1.165) is 12.1 Å². The van der Waals surface area contributed by atoms with Crippen molar-refractivity contribution in [3.63, 3.8) is 0 Å². The van der Waals surface area contributed by atoms with Gasteiger partial charge in [-0.15, -0.1) is 0 Å². The summed E-state index contributed by atoms with van der Waals surface area (Å²) in [6, 6.07) is 13.0. The lowest BCUT2D eigenvalue weighted by atomic mass is 10.1. The molecule has 0 radical (unpaired) electrons. The molecule has 1 saturated heterocycles. The van der Waals surface area contributed by atoms with Gasteiger partial charge in [0.1, 0.15) is 5.75 Å². The van der Waals surface area contributed by atoms with Crippen LogP contribution in [-0.2, 0) is 4.79 Å². The normalized spacial score (nSPS) is 16.0. The summed E-state index contributed by atoms with van der Waals surface area (Å²) in [4.78, 5) is 31.3. The van der Waals surface area contributed by atoms with E-state index in [1.54, 1.807) is 24.7 Å².